The highest BCUT2D eigenvalue weighted by Gasteiger charge is 1.99. The molecule has 0 saturated heterocycles. The van der Waals surface area contributed by atoms with Crippen LogP contribution in [0.3, 0.4) is 0 Å². The smallest absolute Gasteiger partial charge is 0.119 e. The number of rotatable bonds is 10. The monoisotopic (exact) mass is 316 g/mol. The molecule has 2 aromatic carbocycles. The lowest BCUT2D eigenvalue weighted by Crippen LogP contribution is -2.01. The molecule has 124 valence electrons. The van der Waals surface area contributed by atoms with Gasteiger partial charge in [0.25, 0.3) is 0 Å². The second-order valence-corrected chi connectivity index (χ2v) is 5.05. The lowest BCUT2D eigenvalue weighted by atomic mass is 10.2. The maximum absolute atomic E-state index is 5.79. The first-order valence-corrected chi connectivity index (χ1v) is 7.82. The molecule has 0 radical (unpaired) electrons. The van der Waals surface area contributed by atoms with Crippen molar-refractivity contribution in [3.8, 4) is 11.5 Å². The van der Waals surface area contributed by atoms with Gasteiger partial charge in [0, 0.05) is 7.11 Å². The van der Waals surface area contributed by atoms with Crippen molar-refractivity contribution in [2.24, 2.45) is 0 Å². The second kappa shape index (κ2) is 9.87. The minimum Gasteiger partial charge on any atom is -0.494 e. The van der Waals surface area contributed by atoms with Crippen LogP contribution in [0.4, 0.5) is 0 Å². The average molecular weight is 316 g/mol. The van der Waals surface area contributed by atoms with Gasteiger partial charge in [-0.1, -0.05) is 24.3 Å². The Labute approximate surface area is 137 Å². The predicted molar refractivity (Wildman–Crippen MR) is 89.9 cm³/mol. The van der Waals surface area contributed by atoms with Crippen LogP contribution in [0.1, 0.15) is 18.1 Å². The lowest BCUT2D eigenvalue weighted by Gasteiger charge is -2.09. The molecule has 4 nitrogen and oxygen atoms in total. The fraction of sp³-hybridized carbons (Fsp3) is 0.368. The Morgan fingerprint density at radius 3 is 1.83 bits per heavy atom. The van der Waals surface area contributed by atoms with Gasteiger partial charge < -0.3 is 18.9 Å². The van der Waals surface area contributed by atoms with Crippen LogP contribution in [-0.2, 0) is 22.7 Å². The lowest BCUT2D eigenvalue weighted by molar-refractivity contribution is 0.0616. The molecule has 0 amide bonds. The summed E-state index contributed by atoms with van der Waals surface area (Å²) in [4.78, 5) is 0. The Kier molecular flexibility index (Phi) is 7.43. The van der Waals surface area contributed by atoms with E-state index in [1.54, 1.807) is 7.11 Å². The predicted octanol–water partition coefficient (Wildman–Crippen LogP) is 3.83. The van der Waals surface area contributed by atoms with Crippen LogP contribution in [0.15, 0.2) is 48.5 Å². The van der Waals surface area contributed by atoms with Crippen LogP contribution < -0.4 is 9.47 Å². The highest BCUT2D eigenvalue weighted by atomic mass is 16.5. The fourth-order valence-corrected chi connectivity index (χ4v) is 2.03. The van der Waals surface area contributed by atoms with E-state index in [2.05, 4.69) is 0 Å². The van der Waals surface area contributed by atoms with Crippen LogP contribution in [0.5, 0.6) is 11.5 Å². The molecule has 0 aromatic heterocycles. The zero-order chi connectivity index (χ0) is 16.3. The van der Waals surface area contributed by atoms with Gasteiger partial charge in [0.1, 0.15) is 18.1 Å². The normalized spacial score (nSPS) is 10.5. The van der Waals surface area contributed by atoms with E-state index in [9.17, 15) is 0 Å². The third-order valence-electron chi connectivity index (χ3n) is 3.26. The highest BCUT2D eigenvalue weighted by molar-refractivity contribution is 5.29. The molecule has 0 saturated carbocycles. The number of methoxy groups -OCH3 is 1. The molecule has 0 aliphatic heterocycles. The molecule has 2 aromatic rings. The molecule has 0 unspecified atom stereocenters. The first-order valence-electron chi connectivity index (χ1n) is 7.82. The summed E-state index contributed by atoms with van der Waals surface area (Å²) in [6.07, 6.45) is 0. The molecule has 0 spiro atoms. The molecular weight excluding hydrogens is 292 g/mol. The topological polar surface area (TPSA) is 36.9 Å². The zero-order valence-corrected chi connectivity index (χ0v) is 13.8. The van der Waals surface area contributed by atoms with E-state index in [0.29, 0.717) is 33.0 Å². The van der Waals surface area contributed by atoms with Crippen LogP contribution in [-0.4, -0.2) is 26.9 Å². The molecule has 0 atom stereocenters. The van der Waals surface area contributed by atoms with E-state index in [4.69, 9.17) is 18.9 Å². The Hall–Kier alpha value is -2.04. The Morgan fingerprint density at radius 2 is 1.26 bits per heavy atom. The molecule has 0 aliphatic rings. The van der Waals surface area contributed by atoms with Gasteiger partial charge in [0.05, 0.1) is 26.4 Å². The number of ether oxygens (including phenoxy) is 4. The summed E-state index contributed by atoms with van der Waals surface area (Å²) in [6, 6.07) is 15.9. The molecule has 4 heteroatoms. The van der Waals surface area contributed by atoms with Gasteiger partial charge in [-0.15, -0.1) is 0 Å². The highest BCUT2D eigenvalue weighted by Crippen LogP contribution is 2.17. The molecule has 2 rings (SSSR count). The van der Waals surface area contributed by atoms with Crippen LogP contribution in [0.2, 0.25) is 0 Å². The van der Waals surface area contributed by atoms with Crippen molar-refractivity contribution in [1.29, 1.82) is 0 Å². The van der Waals surface area contributed by atoms with Crippen molar-refractivity contribution in [2.75, 3.05) is 26.9 Å². The summed E-state index contributed by atoms with van der Waals surface area (Å²) in [5.41, 5.74) is 2.23. The molecule has 0 heterocycles. The molecule has 23 heavy (non-hydrogen) atoms. The largest absolute Gasteiger partial charge is 0.494 e. The Morgan fingerprint density at radius 1 is 0.696 bits per heavy atom. The van der Waals surface area contributed by atoms with Gasteiger partial charge >= 0.3 is 0 Å². The number of hydrogen-bond acceptors (Lipinski definition) is 4. The molecule has 0 fully saturated rings. The van der Waals surface area contributed by atoms with Crippen LogP contribution >= 0.6 is 0 Å². The molecule has 0 aliphatic carbocycles. The summed E-state index contributed by atoms with van der Waals surface area (Å²) >= 11 is 0. The van der Waals surface area contributed by atoms with Crippen molar-refractivity contribution in [2.45, 2.75) is 20.1 Å². The average Bonchev–Trinajstić information content (AvgIpc) is 2.59. The van der Waals surface area contributed by atoms with Gasteiger partial charge in [-0.05, 0) is 42.3 Å². The van der Waals surface area contributed by atoms with Crippen molar-refractivity contribution >= 4 is 0 Å². The molecule has 0 bridgehead atoms. The van der Waals surface area contributed by atoms with Crippen molar-refractivity contribution in [1.82, 2.24) is 0 Å². The fourth-order valence-electron chi connectivity index (χ4n) is 2.03. The Balaban J connectivity index is 1.77. The van der Waals surface area contributed by atoms with E-state index in [1.807, 2.05) is 55.5 Å². The summed E-state index contributed by atoms with van der Waals surface area (Å²) in [6.45, 7) is 5.00. The number of benzene rings is 2. The minimum absolute atomic E-state index is 0.538. The standard InChI is InChI=1S/C19H24O4/c1-3-22-18-8-6-17(7-9-18)15-23-19-10-4-16(5-11-19)14-21-13-12-20-2/h4-11H,3,12-15H2,1-2H3. The van der Waals surface area contributed by atoms with E-state index in [1.165, 1.54) is 0 Å². The van der Waals surface area contributed by atoms with Crippen LogP contribution in [0.25, 0.3) is 0 Å². The summed E-state index contributed by atoms with van der Waals surface area (Å²) in [5.74, 6) is 1.73. The van der Waals surface area contributed by atoms with Gasteiger partial charge in [-0.2, -0.15) is 0 Å². The van der Waals surface area contributed by atoms with Gasteiger partial charge in [-0.25, -0.2) is 0 Å². The second-order valence-electron chi connectivity index (χ2n) is 5.05. The summed E-state index contributed by atoms with van der Waals surface area (Å²) in [5, 5.41) is 0. The SMILES string of the molecule is CCOc1ccc(COc2ccc(COCCOC)cc2)cc1. The Bertz CT molecular complexity index is 549. The van der Waals surface area contributed by atoms with Crippen molar-refractivity contribution in [3.63, 3.8) is 0 Å². The van der Waals surface area contributed by atoms with E-state index < -0.39 is 0 Å². The van der Waals surface area contributed by atoms with Gasteiger partial charge in [0.2, 0.25) is 0 Å². The third-order valence-corrected chi connectivity index (χ3v) is 3.26. The summed E-state index contributed by atoms with van der Waals surface area (Å²) in [7, 11) is 1.67. The van der Waals surface area contributed by atoms with Crippen LogP contribution in [0, 0.1) is 0 Å². The van der Waals surface area contributed by atoms with Gasteiger partial charge in [0.15, 0.2) is 0 Å². The maximum atomic E-state index is 5.79. The maximum Gasteiger partial charge on any atom is 0.119 e. The van der Waals surface area contributed by atoms with E-state index in [-0.39, 0.29) is 0 Å². The third kappa shape index (κ3) is 6.30. The molecular formula is C19H24O4. The van der Waals surface area contributed by atoms with E-state index in [0.717, 1.165) is 22.6 Å². The zero-order valence-electron chi connectivity index (χ0n) is 13.8. The summed E-state index contributed by atoms with van der Waals surface area (Å²) < 4.78 is 21.6. The van der Waals surface area contributed by atoms with E-state index >= 15 is 0 Å². The van der Waals surface area contributed by atoms with Crippen molar-refractivity contribution in [3.05, 3.63) is 59.7 Å². The number of hydrogen-bond donors (Lipinski definition) is 0. The minimum atomic E-state index is 0.538. The quantitative estimate of drug-likeness (QED) is 0.624. The first-order chi connectivity index (χ1) is 11.3. The molecule has 0 N–H and O–H groups in total. The van der Waals surface area contributed by atoms with Crippen molar-refractivity contribution < 1.29 is 18.9 Å². The first kappa shape index (κ1) is 17.3. The van der Waals surface area contributed by atoms with Gasteiger partial charge in [-0.3, -0.25) is 0 Å².